The molecule has 7 heteroatoms. The Kier molecular flexibility index (Phi) is 8.60. The Morgan fingerprint density at radius 3 is 2.72 bits per heavy atom. The molecular weight excluding hydrogens is 445 g/mol. The summed E-state index contributed by atoms with van der Waals surface area (Å²) in [4.78, 5) is 11.1. The first-order valence-corrected chi connectivity index (χ1v) is 9.65. The minimum atomic E-state index is 0. The zero-order chi connectivity index (χ0) is 16.6. The second-order valence-electron chi connectivity index (χ2n) is 5.90. The molecule has 1 fully saturated rings. The maximum atomic E-state index is 6.12. The fourth-order valence-corrected chi connectivity index (χ4v) is 3.74. The molecule has 2 N–H and O–H groups in total. The van der Waals surface area contributed by atoms with E-state index < -0.39 is 0 Å². The maximum Gasteiger partial charge on any atom is 0.191 e. The molecule has 3 rings (SSSR count). The van der Waals surface area contributed by atoms with Crippen LogP contribution in [0.25, 0.3) is 0 Å². The number of benzene rings is 1. The minimum absolute atomic E-state index is 0. The van der Waals surface area contributed by atoms with Crippen molar-refractivity contribution in [1.82, 2.24) is 14.5 Å². The average Bonchev–Trinajstić information content (AvgIpc) is 3.09. The normalized spacial score (nSPS) is 15.0. The molecule has 0 unspecified atom stereocenters. The Hall–Kier alpha value is -1.22. The summed E-state index contributed by atoms with van der Waals surface area (Å²) < 4.78 is 2.19. The number of hydrogen-bond acceptors (Lipinski definition) is 3. The highest BCUT2D eigenvalue weighted by Gasteiger charge is 2.12. The van der Waals surface area contributed by atoms with Gasteiger partial charge < -0.3 is 15.2 Å². The summed E-state index contributed by atoms with van der Waals surface area (Å²) in [6.45, 7) is 3.49. The topological polar surface area (TPSA) is 59.4 Å². The van der Waals surface area contributed by atoms with Gasteiger partial charge >= 0.3 is 0 Å². The van der Waals surface area contributed by atoms with E-state index in [0.717, 1.165) is 49.8 Å². The van der Waals surface area contributed by atoms with E-state index in [9.17, 15) is 0 Å². The van der Waals surface area contributed by atoms with Crippen LogP contribution in [0.4, 0.5) is 0 Å². The molecule has 1 aromatic heterocycles. The van der Waals surface area contributed by atoms with Crippen LogP contribution in [0.2, 0.25) is 0 Å². The van der Waals surface area contributed by atoms with E-state index in [1.54, 1.807) is 0 Å². The van der Waals surface area contributed by atoms with E-state index >= 15 is 0 Å². The number of aliphatic imine (C=N–C) groups is 1. The molecule has 0 atom stereocenters. The van der Waals surface area contributed by atoms with Crippen molar-refractivity contribution < 1.29 is 0 Å². The molecule has 1 saturated heterocycles. The second kappa shape index (κ2) is 10.7. The summed E-state index contributed by atoms with van der Waals surface area (Å²) in [6, 6.07) is 10.6. The lowest BCUT2D eigenvalue weighted by molar-refractivity contribution is 0.455. The standard InChI is InChI=1S/C18H25N5S.HI/c19-18(23-11-13-24-14-12-23)21-15-17-20-8-10-22(17)9-4-7-16-5-2-1-3-6-16;/h1-3,5-6,8,10H,4,7,9,11-15H2,(H2,19,21);1H. The molecule has 0 amide bonds. The summed E-state index contributed by atoms with van der Waals surface area (Å²) in [7, 11) is 0. The number of hydrogen-bond donors (Lipinski definition) is 1. The van der Waals surface area contributed by atoms with Gasteiger partial charge in [0.2, 0.25) is 0 Å². The average molecular weight is 471 g/mol. The van der Waals surface area contributed by atoms with Crippen molar-refractivity contribution in [2.24, 2.45) is 10.7 Å². The van der Waals surface area contributed by atoms with Gasteiger partial charge in [0.1, 0.15) is 12.4 Å². The highest BCUT2D eigenvalue weighted by atomic mass is 127. The van der Waals surface area contributed by atoms with Crippen molar-refractivity contribution in [3.8, 4) is 0 Å². The summed E-state index contributed by atoms with van der Waals surface area (Å²) in [6.07, 6.45) is 6.05. The van der Waals surface area contributed by atoms with Gasteiger partial charge in [-0.1, -0.05) is 30.3 Å². The van der Waals surface area contributed by atoms with E-state index in [-0.39, 0.29) is 24.0 Å². The van der Waals surface area contributed by atoms with Gasteiger partial charge in [-0.25, -0.2) is 9.98 Å². The molecule has 2 aromatic rings. The van der Waals surface area contributed by atoms with Crippen molar-refractivity contribution in [1.29, 1.82) is 0 Å². The number of guanidine groups is 1. The predicted molar refractivity (Wildman–Crippen MR) is 117 cm³/mol. The number of rotatable bonds is 6. The van der Waals surface area contributed by atoms with E-state index in [0.29, 0.717) is 12.5 Å². The summed E-state index contributed by atoms with van der Waals surface area (Å²) in [5.74, 6) is 3.89. The van der Waals surface area contributed by atoms with E-state index in [2.05, 4.69) is 49.8 Å². The van der Waals surface area contributed by atoms with Crippen LogP contribution < -0.4 is 5.73 Å². The minimum Gasteiger partial charge on any atom is -0.370 e. The number of aryl methyl sites for hydroxylation is 2. The maximum absolute atomic E-state index is 6.12. The fraction of sp³-hybridized carbons (Fsp3) is 0.444. The van der Waals surface area contributed by atoms with Crippen LogP contribution in [0.5, 0.6) is 0 Å². The lowest BCUT2D eigenvalue weighted by Crippen LogP contribution is -2.42. The van der Waals surface area contributed by atoms with E-state index in [1.165, 1.54) is 5.56 Å². The van der Waals surface area contributed by atoms with Crippen molar-refractivity contribution in [3.63, 3.8) is 0 Å². The molecule has 1 aliphatic rings. The highest BCUT2D eigenvalue weighted by molar-refractivity contribution is 14.0. The largest absolute Gasteiger partial charge is 0.370 e. The predicted octanol–water partition coefficient (Wildman–Crippen LogP) is 3.00. The number of imidazole rings is 1. The number of nitrogens with two attached hydrogens (primary N) is 1. The van der Waals surface area contributed by atoms with Gasteiger partial charge in [0.05, 0.1) is 0 Å². The Morgan fingerprint density at radius 1 is 1.20 bits per heavy atom. The third-order valence-corrected chi connectivity index (χ3v) is 5.17. The van der Waals surface area contributed by atoms with Gasteiger partial charge in [-0.2, -0.15) is 11.8 Å². The van der Waals surface area contributed by atoms with Crippen LogP contribution >= 0.6 is 35.7 Å². The number of thioether (sulfide) groups is 1. The number of halogens is 1. The first-order valence-electron chi connectivity index (χ1n) is 8.49. The smallest absolute Gasteiger partial charge is 0.191 e. The van der Waals surface area contributed by atoms with Gasteiger partial charge in [-0.05, 0) is 18.4 Å². The molecule has 0 bridgehead atoms. The van der Waals surface area contributed by atoms with Gasteiger partial charge in [-0.3, -0.25) is 0 Å². The molecule has 1 aromatic carbocycles. The molecule has 0 spiro atoms. The van der Waals surface area contributed by atoms with Gasteiger partial charge in [-0.15, -0.1) is 24.0 Å². The lowest BCUT2D eigenvalue weighted by Gasteiger charge is -2.27. The van der Waals surface area contributed by atoms with Crippen LogP contribution in [0.3, 0.4) is 0 Å². The van der Waals surface area contributed by atoms with Crippen LogP contribution in [-0.2, 0) is 19.5 Å². The highest BCUT2D eigenvalue weighted by Crippen LogP contribution is 2.10. The van der Waals surface area contributed by atoms with Crippen molar-refractivity contribution >= 4 is 41.7 Å². The number of nitrogens with zero attached hydrogens (tertiary/aromatic N) is 4. The SMILES string of the molecule is I.NC(=NCc1nccn1CCCc1ccccc1)N1CCSCC1. The first-order chi connectivity index (χ1) is 11.8. The number of aromatic nitrogens is 2. The summed E-state index contributed by atoms with van der Waals surface area (Å²) in [5.41, 5.74) is 7.50. The Morgan fingerprint density at radius 2 is 1.96 bits per heavy atom. The van der Waals surface area contributed by atoms with Crippen LogP contribution in [0, 0.1) is 0 Å². The quantitative estimate of drug-likeness (QED) is 0.400. The van der Waals surface area contributed by atoms with Crippen molar-refractivity contribution in [2.45, 2.75) is 25.9 Å². The zero-order valence-corrected chi connectivity index (χ0v) is 17.5. The van der Waals surface area contributed by atoms with Gasteiger partial charge in [0, 0.05) is 43.5 Å². The third kappa shape index (κ3) is 6.22. The second-order valence-corrected chi connectivity index (χ2v) is 7.12. The van der Waals surface area contributed by atoms with E-state index in [4.69, 9.17) is 5.73 Å². The Bertz CT molecular complexity index is 652. The third-order valence-electron chi connectivity index (χ3n) is 4.23. The first kappa shape index (κ1) is 20.1. The Labute approximate surface area is 171 Å². The van der Waals surface area contributed by atoms with E-state index in [1.807, 2.05) is 24.2 Å². The summed E-state index contributed by atoms with van der Waals surface area (Å²) >= 11 is 1.97. The molecular formula is C18H26IN5S. The van der Waals surface area contributed by atoms with Gasteiger partial charge in [0.15, 0.2) is 5.96 Å². The fourth-order valence-electron chi connectivity index (χ4n) is 2.84. The molecule has 25 heavy (non-hydrogen) atoms. The molecule has 0 saturated carbocycles. The lowest BCUT2D eigenvalue weighted by atomic mass is 10.1. The molecule has 2 heterocycles. The van der Waals surface area contributed by atoms with Crippen LogP contribution in [0.15, 0.2) is 47.7 Å². The van der Waals surface area contributed by atoms with Crippen LogP contribution in [-0.4, -0.2) is 45.0 Å². The summed E-state index contributed by atoms with van der Waals surface area (Å²) in [5, 5.41) is 0. The van der Waals surface area contributed by atoms with Crippen LogP contribution in [0.1, 0.15) is 17.8 Å². The Balaban J connectivity index is 0.00000225. The molecule has 5 nitrogen and oxygen atoms in total. The molecule has 1 aliphatic heterocycles. The van der Waals surface area contributed by atoms with Crippen molar-refractivity contribution in [3.05, 3.63) is 54.1 Å². The molecule has 136 valence electrons. The monoisotopic (exact) mass is 471 g/mol. The van der Waals surface area contributed by atoms with Crippen molar-refractivity contribution in [2.75, 3.05) is 24.6 Å². The zero-order valence-electron chi connectivity index (χ0n) is 14.4. The molecule has 0 radical (unpaired) electrons. The molecule has 0 aliphatic carbocycles. The van der Waals surface area contributed by atoms with Gasteiger partial charge in [0.25, 0.3) is 0 Å².